The number of hydrogen-bond donors (Lipinski definition) is 0. The van der Waals surface area contributed by atoms with Crippen molar-refractivity contribution in [1.29, 1.82) is 0 Å². The van der Waals surface area contributed by atoms with Gasteiger partial charge in [-0.05, 0) is 45.0 Å². The molecule has 1 fully saturated rings. The summed E-state index contributed by atoms with van der Waals surface area (Å²) in [7, 11) is 1.64. The van der Waals surface area contributed by atoms with E-state index in [0.717, 1.165) is 31.0 Å². The van der Waals surface area contributed by atoms with Gasteiger partial charge in [0.25, 0.3) is 0 Å². The molecule has 0 amide bonds. The molecular formula is C17H23N3O3. The molecule has 6 nitrogen and oxygen atoms in total. The smallest absolute Gasteiger partial charge is 0.247 e. The van der Waals surface area contributed by atoms with Gasteiger partial charge in [0.15, 0.2) is 0 Å². The number of nitrogens with zero attached hydrogens (tertiary/aromatic N) is 3. The molecule has 1 saturated heterocycles. The van der Waals surface area contributed by atoms with E-state index in [1.807, 2.05) is 24.3 Å². The quantitative estimate of drug-likeness (QED) is 0.864. The van der Waals surface area contributed by atoms with E-state index in [1.165, 1.54) is 0 Å². The molecule has 0 spiro atoms. The van der Waals surface area contributed by atoms with E-state index in [4.69, 9.17) is 13.9 Å². The number of methoxy groups -OCH3 is 1. The van der Waals surface area contributed by atoms with E-state index >= 15 is 0 Å². The number of rotatable bonds is 4. The zero-order valence-corrected chi connectivity index (χ0v) is 14.1. The maximum absolute atomic E-state index is 5.88. The van der Waals surface area contributed by atoms with E-state index in [1.54, 1.807) is 7.11 Å². The largest absolute Gasteiger partial charge is 0.497 e. The molecule has 23 heavy (non-hydrogen) atoms. The van der Waals surface area contributed by atoms with Crippen molar-refractivity contribution in [2.45, 2.75) is 32.4 Å². The molecule has 1 aliphatic rings. The molecule has 0 unspecified atom stereocenters. The number of ether oxygens (including phenoxy) is 2. The van der Waals surface area contributed by atoms with Gasteiger partial charge >= 0.3 is 0 Å². The SMILES string of the molecule is COc1ccc(-c2nnc([C@@H](C)N3CCOC(C)(C)C3)o2)cc1. The second-order valence-corrected chi connectivity index (χ2v) is 6.43. The van der Waals surface area contributed by atoms with Crippen molar-refractivity contribution < 1.29 is 13.9 Å². The maximum Gasteiger partial charge on any atom is 0.247 e. The summed E-state index contributed by atoms with van der Waals surface area (Å²) in [5.41, 5.74) is 0.741. The topological polar surface area (TPSA) is 60.6 Å². The molecule has 1 aromatic heterocycles. The molecule has 1 aromatic carbocycles. The van der Waals surface area contributed by atoms with Crippen LogP contribution in [0.15, 0.2) is 28.7 Å². The zero-order valence-electron chi connectivity index (χ0n) is 14.1. The van der Waals surface area contributed by atoms with Crippen molar-refractivity contribution in [1.82, 2.24) is 15.1 Å². The normalized spacial score (nSPS) is 19.5. The van der Waals surface area contributed by atoms with Crippen LogP contribution in [0, 0.1) is 0 Å². The highest BCUT2D eigenvalue weighted by Crippen LogP contribution is 2.28. The van der Waals surface area contributed by atoms with Gasteiger partial charge in [0, 0.05) is 18.7 Å². The van der Waals surface area contributed by atoms with Crippen LogP contribution < -0.4 is 4.74 Å². The molecular weight excluding hydrogens is 294 g/mol. The summed E-state index contributed by atoms with van der Waals surface area (Å²) in [5.74, 6) is 1.97. The third-order valence-electron chi connectivity index (χ3n) is 4.14. The van der Waals surface area contributed by atoms with E-state index in [2.05, 4.69) is 35.9 Å². The Labute approximate surface area is 136 Å². The minimum absolute atomic E-state index is 0.0673. The van der Waals surface area contributed by atoms with E-state index < -0.39 is 0 Å². The Hall–Kier alpha value is -1.92. The van der Waals surface area contributed by atoms with Crippen LogP contribution in [0.2, 0.25) is 0 Å². The highest BCUT2D eigenvalue weighted by Gasteiger charge is 2.32. The van der Waals surface area contributed by atoms with Gasteiger partial charge in [-0.15, -0.1) is 10.2 Å². The van der Waals surface area contributed by atoms with E-state index in [-0.39, 0.29) is 11.6 Å². The molecule has 0 aliphatic carbocycles. The van der Waals surface area contributed by atoms with Gasteiger partial charge in [-0.3, -0.25) is 4.90 Å². The lowest BCUT2D eigenvalue weighted by Gasteiger charge is -2.40. The highest BCUT2D eigenvalue weighted by molar-refractivity contribution is 5.53. The maximum atomic E-state index is 5.88. The highest BCUT2D eigenvalue weighted by atomic mass is 16.5. The first-order valence-electron chi connectivity index (χ1n) is 7.84. The van der Waals surface area contributed by atoms with Gasteiger partial charge in [-0.2, -0.15) is 0 Å². The molecule has 3 rings (SSSR count). The van der Waals surface area contributed by atoms with E-state index in [9.17, 15) is 0 Å². The molecule has 1 aliphatic heterocycles. The van der Waals surface area contributed by atoms with Crippen LogP contribution in [0.5, 0.6) is 5.75 Å². The van der Waals surface area contributed by atoms with Crippen LogP contribution >= 0.6 is 0 Å². The summed E-state index contributed by atoms with van der Waals surface area (Å²) >= 11 is 0. The van der Waals surface area contributed by atoms with Gasteiger partial charge < -0.3 is 13.9 Å². The predicted octanol–water partition coefficient (Wildman–Crippen LogP) is 2.92. The molecule has 124 valence electrons. The fraction of sp³-hybridized carbons (Fsp3) is 0.529. The summed E-state index contributed by atoms with van der Waals surface area (Å²) in [4.78, 5) is 2.31. The molecule has 0 N–H and O–H groups in total. The van der Waals surface area contributed by atoms with Crippen molar-refractivity contribution >= 4 is 0 Å². The Morgan fingerprint density at radius 3 is 2.61 bits per heavy atom. The van der Waals surface area contributed by atoms with Crippen molar-refractivity contribution in [3.05, 3.63) is 30.2 Å². The van der Waals surface area contributed by atoms with Crippen molar-refractivity contribution in [2.24, 2.45) is 0 Å². The van der Waals surface area contributed by atoms with Crippen LogP contribution in [0.4, 0.5) is 0 Å². The fourth-order valence-electron chi connectivity index (χ4n) is 2.79. The van der Waals surface area contributed by atoms with E-state index in [0.29, 0.717) is 11.8 Å². The first kappa shape index (κ1) is 16.0. The number of aromatic nitrogens is 2. The Balaban J connectivity index is 1.75. The lowest BCUT2D eigenvalue weighted by atomic mass is 10.1. The van der Waals surface area contributed by atoms with Gasteiger partial charge in [0.1, 0.15) is 5.75 Å². The molecule has 0 radical (unpaired) electrons. The van der Waals surface area contributed by atoms with Gasteiger partial charge in [-0.1, -0.05) is 0 Å². The van der Waals surface area contributed by atoms with Crippen LogP contribution in [0.1, 0.15) is 32.7 Å². The molecule has 6 heteroatoms. The average Bonchev–Trinajstić information content (AvgIpc) is 3.03. The number of morpholine rings is 1. The van der Waals surface area contributed by atoms with Gasteiger partial charge in [0.2, 0.25) is 11.8 Å². The van der Waals surface area contributed by atoms with Crippen LogP contribution in [0.25, 0.3) is 11.5 Å². The number of benzene rings is 1. The summed E-state index contributed by atoms with van der Waals surface area (Å²) in [6, 6.07) is 7.66. The third kappa shape index (κ3) is 3.54. The fourth-order valence-corrected chi connectivity index (χ4v) is 2.79. The van der Waals surface area contributed by atoms with Crippen LogP contribution in [0.3, 0.4) is 0 Å². The summed E-state index contributed by atoms with van der Waals surface area (Å²) in [5, 5.41) is 8.41. The van der Waals surface area contributed by atoms with Gasteiger partial charge in [-0.25, -0.2) is 0 Å². The molecule has 2 aromatic rings. The Bertz CT molecular complexity index is 651. The van der Waals surface area contributed by atoms with Gasteiger partial charge in [0.05, 0.1) is 25.4 Å². The predicted molar refractivity (Wildman–Crippen MR) is 86.3 cm³/mol. The molecule has 1 atom stereocenters. The minimum Gasteiger partial charge on any atom is -0.497 e. The Morgan fingerprint density at radius 1 is 1.22 bits per heavy atom. The second-order valence-electron chi connectivity index (χ2n) is 6.43. The number of hydrogen-bond acceptors (Lipinski definition) is 6. The van der Waals surface area contributed by atoms with Crippen molar-refractivity contribution in [3.8, 4) is 17.2 Å². The van der Waals surface area contributed by atoms with Crippen LogP contribution in [-0.4, -0.2) is 47.5 Å². The standard InChI is InChI=1S/C17H23N3O3/c1-12(20-9-10-22-17(2,3)11-20)15-18-19-16(23-15)13-5-7-14(21-4)8-6-13/h5-8,12H,9-11H2,1-4H3/t12-/m1/s1. The lowest BCUT2D eigenvalue weighted by molar-refractivity contribution is -0.0980. The molecule has 0 saturated carbocycles. The lowest BCUT2D eigenvalue weighted by Crippen LogP contribution is -2.49. The summed E-state index contributed by atoms with van der Waals surface area (Å²) in [6.45, 7) is 8.72. The summed E-state index contributed by atoms with van der Waals surface area (Å²) in [6.07, 6.45) is 0. The van der Waals surface area contributed by atoms with Crippen molar-refractivity contribution in [2.75, 3.05) is 26.8 Å². The molecule has 2 heterocycles. The molecule has 0 bridgehead atoms. The third-order valence-corrected chi connectivity index (χ3v) is 4.14. The minimum atomic E-state index is -0.147. The first-order chi connectivity index (χ1) is 11.0. The second kappa shape index (κ2) is 6.29. The zero-order chi connectivity index (χ0) is 16.4. The monoisotopic (exact) mass is 317 g/mol. The summed E-state index contributed by atoms with van der Waals surface area (Å²) < 4.78 is 16.8. The van der Waals surface area contributed by atoms with Crippen LogP contribution in [-0.2, 0) is 4.74 Å². The Kier molecular flexibility index (Phi) is 4.37. The Morgan fingerprint density at radius 2 is 1.96 bits per heavy atom. The average molecular weight is 317 g/mol. The first-order valence-corrected chi connectivity index (χ1v) is 7.84. The van der Waals surface area contributed by atoms with Crippen molar-refractivity contribution in [3.63, 3.8) is 0 Å².